The molecule has 6 aromatic rings. The molecule has 0 unspecified atom stereocenters. The van der Waals surface area contributed by atoms with E-state index in [1.54, 1.807) is 12.1 Å². The summed E-state index contributed by atoms with van der Waals surface area (Å²) in [5.41, 5.74) is 5.85. The van der Waals surface area contributed by atoms with Crippen LogP contribution >= 0.6 is 0 Å². The molecule has 0 aliphatic rings. The van der Waals surface area contributed by atoms with Gasteiger partial charge in [-0.1, -0.05) is 48.5 Å². The molecule has 0 fully saturated rings. The zero-order chi connectivity index (χ0) is 28.4. The molecule has 0 saturated heterocycles. The van der Waals surface area contributed by atoms with Gasteiger partial charge in [-0.15, -0.1) is 0 Å². The molecule has 4 aromatic carbocycles. The van der Waals surface area contributed by atoms with Crippen LogP contribution in [0.5, 0.6) is 0 Å². The maximum absolute atomic E-state index is 11.4. The predicted octanol–water partition coefficient (Wildman–Crippen LogP) is 0.613. The second kappa shape index (κ2) is 12.0. The molecule has 0 spiro atoms. The molecule has 202 valence electrons. The molecular formula is C30H20Na2O8S2. The molecule has 42 heavy (non-hydrogen) atoms. The largest absolute Gasteiger partial charge is 1.00 e. The monoisotopic (exact) mass is 618 g/mol. The number of aryl methyl sites for hydroxylation is 2. The average Bonchev–Trinajstić information content (AvgIpc) is 3.44. The van der Waals surface area contributed by atoms with Gasteiger partial charge in [-0.3, -0.25) is 0 Å². The Balaban J connectivity index is 0.00000202. The number of hydrogen-bond acceptors (Lipinski definition) is 8. The maximum Gasteiger partial charge on any atom is 1.00 e. The van der Waals surface area contributed by atoms with Gasteiger partial charge in [0.15, 0.2) is 0 Å². The minimum absolute atomic E-state index is 0. The van der Waals surface area contributed by atoms with E-state index in [1.807, 2.05) is 62.4 Å². The minimum atomic E-state index is -4.59. The van der Waals surface area contributed by atoms with E-state index in [0.717, 1.165) is 44.2 Å². The van der Waals surface area contributed by atoms with Gasteiger partial charge in [-0.05, 0) is 61.4 Å². The summed E-state index contributed by atoms with van der Waals surface area (Å²) in [6.45, 7) is 3.75. The van der Waals surface area contributed by atoms with Crippen LogP contribution in [0.2, 0.25) is 0 Å². The molecule has 6 rings (SSSR count). The van der Waals surface area contributed by atoms with E-state index >= 15 is 0 Å². The predicted molar refractivity (Wildman–Crippen MR) is 148 cm³/mol. The summed E-state index contributed by atoms with van der Waals surface area (Å²) in [5.74, 6) is 1.18. The number of hydrogen-bond donors (Lipinski definition) is 0. The summed E-state index contributed by atoms with van der Waals surface area (Å²) in [4.78, 5) is -0.672. The van der Waals surface area contributed by atoms with Crippen LogP contribution in [-0.2, 0) is 20.2 Å². The van der Waals surface area contributed by atoms with Crippen molar-refractivity contribution in [1.82, 2.24) is 0 Å². The average molecular weight is 619 g/mol. The second-order valence-corrected chi connectivity index (χ2v) is 12.3. The van der Waals surface area contributed by atoms with Crippen molar-refractivity contribution < 1.29 is 93.9 Å². The zero-order valence-electron chi connectivity index (χ0n) is 23.2. The smallest absolute Gasteiger partial charge is 0.744 e. The van der Waals surface area contributed by atoms with Gasteiger partial charge in [0.1, 0.15) is 42.9 Å². The number of fused-ring (bicyclic) bond motifs is 2. The van der Waals surface area contributed by atoms with Crippen LogP contribution < -0.4 is 59.1 Å². The molecule has 0 aliphatic carbocycles. The van der Waals surface area contributed by atoms with E-state index in [9.17, 15) is 25.9 Å². The first-order chi connectivity index (χ1) is 18.9. The summed E-state index contributed by atoms with van der Waals surface area (Å²) in [7, 11) is -9.17. The molecule has 0 aliphatic heterocycles. The molecule has 0 saturated carbocycles. The van der Waals surface area contributed by atoms with Crippen LogP contribution in [-0.4, -0.2) is 25.9 Å². The Morgan fingerprint density at radius 1 is 0.500 bits per heavy atom. The molecule has 0 bridgehead atoms. The van der Waals surface area contributed by atoms with Gasteiger partial charge < -0.3 is 17.9 Å². The maximum atomic E-state index is 11.4. The minimum Gasteiger partial charge on any atom is -0.744 e. The molecule has 2 aromatic heterocycles. The molecule has 12 heteroatoms. The van der Waals surface area contributed by atoms with E-state index in [1.165, 1.54) is 24.3 Å². The van der Waals surface area contributed by atoms with Crippen molar-refractivity contribution in [3.05, 3.63) is 96.1 Å². The van der Waals surface area contributed by atoms with Crippen LogP contribution in [0.1, 0.15) is 11.1 Å². The fraction of sp³-hybridized carbons (Fsp3) is 0.0667. The van der Waals surface area contributed by atoms with Gasteiger partial charge in [0.2, 0.25) is 0 Å². The summed E-state index contributed by atoms with van der Waals surface area (Å²) in [6, 6.07) is 23.6. The van der Waals surface area contributed by atoms with Crippen LogP contribution in [0, 0.1) is 13.8 Å². The molecular weight excluding hydrogens is 598 g/mol. The molecule has 0 radical (unpaired) electrons. The standard InChI is InChI=1S/C30H22O8S2.2Na/c1-17-25-13-11-23(39(31,32)33)15-27(25)37-29(17)21-7-3-19(4-8-21)20-5-9-22(10-6-20)30-18(2)26-14-12-24(40(34,35)36)16-28(26)38-30;;/h3-16H,1-2H3,(H,31,32,33)(H,34,35,36);;/q;2*+1/p-2. The Kier molecular flexibility index (Phi) is 9.38. The molecule has 0 N–H and O–H groups in total. The van der Waals surface area contributed by atoms with Gasteiger partial charge in [0, 0.05) is 33.0 Å². The van der Waals surface area contributed by atoms with Crippen LogP contribution in [0.4, 0.5) is 0 Å². The van der Waals surface area contributed by atoms with Crippen molar-refractivity contribution in [1.29, 1.82) is 0 Å². The van der Waals surface area contributed by atoms with Crippen molar-refractivity contribution in [3.63, 3.8) is 0 Å². The third-order valence-electron chi connectivity index (χ3n) is 7.02. The van der Waals surface area contributed by atoms with E-state index in [-0.39, 0.29) is 68.9 Å². The van der Waals surface area contributed by atoms with Crippen molar-refractivity contribution in [2.45, 2.75) is 23.6 Å². The molecule has 0 amide bonds. The van der Waals surface area contributed by atoms with Crippen molar-refractivity contribution in [2.24, 2.45) is 0 Å². The van der Waals surface area contributed by atoms with Gasteiger partial charge in [0.05, 0.1) is 9.79 Å². The fourth-order valence-corrected chi connectivity index (χ4v) is 5.87. The first kappa shape index (κ1) is 32.7. The van der Waals surface area contributed by atoms with Crippen molar-refractivity contribution >= 4 is 42.2 Å². The van der Waals surface area contributed by atoms with Crippen LogP contribution in [0.3, 0.4) is 0 Å². The van der Waals surface area contributed by atoms with Gasteiger partial charge in [0.25, 0.3) is 0 Å². The van der Waals surface area contributed by atoms with Crippen molar-refractivity contribution in [3.8, 4) is 33.8 Å². The molecule has 8 nitrogen and oxygen atoms in total. The SMILES string of the molecule is Cc1c(-c2ccc(-c3ccc(-c4oc5cc(S(=O)(=O)[O-])ccc5c4C)cc3)cc2)oc2cc(S(=O)(=O)[O-])ccc12.[Na+].[Na+]. The van der Waals surface area contributed by atoms with Gasteiger partial charge in [-0.2, -0.15) is 0 Å². The molecule has 2 heterocycles. The summed E-state index contributed by atoms with van der Waals surface area (Å²) >= 11 is 0. The van der Waals surface area contributed by atoms with Crippen LogP contribution in [0.25, 0.3) is 55.7 Å². The van der Waals surface area contributed by atoms with Crippen LogP contribution in [0.15, 0.2) is 104 Å². The topological polar surface area (TPSA) is 141 Å². The number of benzene rings is 4. The van der Waals surface area contributed by atoms with Gasteiger partial charge >= 0.3 is 59.1 Å². The number of rotatable bonds is 5. The third kappa shape index (κ3) is 6.07. The fourth-order valence-electron chi connectivity index (χ4n) is 4.90. The molecule has 0 atom stereocenters. The zero-order valence-corrected chi connectivity index (χ0v) is 28.8. The van der Waals surface area contributed by atoms with E-state index < -0.39 is 20.2 Å². The normalized spacial score (nSPS) is 11.8. The Bertz CT molecular complexity index is 2010. The Morgan fingerprint density at radius 3 is 1.12 bits per heavy atom. The Morgan fingerprint density at radius 2 is 0.810 bits per heavy atom. The summed E-state index contributed by atoms with van der Waals surface area (Å²) in [5, 5.41) is 1.46. The number of furan rings is 2. The Hall–Kier alpha value is -2.22. The third-order valence-corrected chi connectivity index (χ3v) is 8.69. The van der Waals surface area contributed by atoms with E-state index in [2.05, 4.69) is 0 Å². The van der Waals surface area contributed by atoms with E-state index in [4.69, 9.17) is 8.83 Å². The summed E-state index contributed by atoms with van der Waals surface area (Å²) < 4.78 is 80.1. The quantitative estimate of drug-likeness (QED) is 0.202. The van der Waals surface area contributed by atoms with E-state index in [0.29, 0.717) is 22.7 Å². The Labute approximate surface area is 286 Å². The second-order valence-electron chi connectivity index (χ2n) is 9.49. The first-order valence-corrected chi connectivity index (χ1v) is 14.9. The van der Waals surface area contributed by atoms with Crippen molar-refractivity contribution in [2.75, 3.05) is 0 Å². The first-order valence-electron chi connectivity index (χ1n) is 12.1. The van der Waals surface area contributed by atoms with Gasteiger partial charge in [-0.25, -0.2) is 16.8 Å². The summed E-state index contributed by atoms with van der Waals surface area (Å²) in [6.07, 6.45) is 0.